The third kappa shape index (κ3) is 4.81. The summed E-state index contributed by atoms with van der Waals surface area (Å²) in [6.07, 6.45) is 0. The van der Waals surface area contributed by atoms with Gasteiger partial charge in [0, 0.05) is 11.1 Å². The van der Waals surface area contributed by atoms with Gasteiger partial charge in [-0.25, -0.2) is 0 Å². The quantitative estimate of drug-likeness (QED) is 0.741. The molecule has 0 unspecified atom stereocenters. The lowest BCUT2D eigenvalue weighted by Gasteiger charge is -1.95. The van der Waals surface area contributed by atoms with Crippen molar-refractivity contribution in [1.82, 2.24) is 0 Å². The molecule has 0 aliphatic rings. The Kier molecular flexibility index (Phi) is 6.27. The molecule has 0 aliphatic heterocycles. The molecular weight excluding hydrogens is 236 g/mol. The molecule has 0 heterocycles. The van der Waals surface area contributed by atoms with Crippen LogP contribution in [0, 0.1) is 0 Å². The van der Waals surface area contributed by atoms with Gasteiger partial charge in [0.1, 0.15) is 0 Å². The van der Waals surface area contributed by atoms with Crippen LogP contribution in [0.5, 0.6) is 0 Å². The van der Waals surface area contributed by atoms with Gasteiger partial charge in [0.05, 0.1) is 6.61 Å². The molecular formula is C5H8Br2O. The zero-order valence-corrected chi connectivity index (χ0v) is 7.83. The van der Waals surface area contributed by atoms with Crippen LogP contribution in [0.2, 0.25) is 0 Å². The van der Waals surface area contributed by atoms with Gasteiger partial charge >= 0.3 is 0 Å². The summed E-state index contributed by atoms with van der Waals surface area (Å²) in [6.45, 7) is 3.38. The van der Waals surface area contributed by atoms with Crippen molar-refractivity contribution in [2.24, 2.45) is 0 Å². The Balaban J connectivity index is 3.12. The van der Waals surface area contributed by atoms with Crippen molar-refractivity contribution in [1.29, 1.82) is 0 Å². The van der Waals surface area contributed by atoms with Crippen LogP contribution in [0.15, 0.2) is 9.47 Å². The van der Waals surface area contributed by atoms with Crippen LogP contribution in [0.1, 0.15) is 6.92 Å². The van der Waals surface area contributed by atoms with E-state index in [4.69, 9.17) is 4.74 Å². The van der Waals surface area contributed by atoms with Crippen LogP contribution in [-0.2, 0) is 4.74 Å². The van der Waals surface area contributed by atoms with Gasteiger partial charge < -0.3 is 4.74 Å². The minimum absolute atomic E-state index is 0.655. The first-order chi connectivity index (χ1) is 3.81. The summed E-state index contributed by atoms with van der Waals surface area (Å²) >= 11 is 6.42. The van der Waals surface area contributed by atoms with Crippen molar-refractivity contribution in [2.75, 3.05) is 13.2 Å². The lowest BCUT2D eigenvalue weighted by Crippen LogP contribution is -1.90. The van der Waals surface area contributed by atoms with Crippen LogP contribution in [0.25, 0.3) is 0 Å². The summed E-state index contributed by atoms with van der Waals surface area (Å²) in [5.41, 5.74) is 0. The van der Waals surface area contributed by atoms with Gasteiger partial charge in [-0.2, -0.15) is 0 Å². The van der Waals surface area contributed by atoms with E-state index >= 15 is 0 Å². The highest BCUT2D eigenvalue weighted by atomic mass is 79.9. The van der Waals surface area contributed by atoms with Crippen molar-refractivity contribution >= 4 is 31.9 Å². The van der Waals surface area contributed by atoms with Crippen molar-refractivity contribution in [2.45, 2.75) is 6.92 Å². The third-order valence-corrected chi connectivity index (χ3v) is 2.19. The van der Waals surface area contributed by atoms with Crippen LogP contribution in [0.4, 0.5) is 0 Å². The molecule has 0 saturated heterocycles. The third-order valence-electron chi connectivity index (χ3n) is 0.562. The minimum Gasteiger partial charge on any atom is -0.376 e. The number of hydrogen-bond acceptors (Lipinski definition) is 1. The molecule has 0 aliphatic carbocycles. The fraction of sp³-hybridized carbons (Fsp3) is 0.600. The number of halogens is 2. The average molecular weight is 244 g/mol. The lowest BCUT2D eigenvalue weighted by atomic mass is 10.7. The molecule has 3 heteroatoms. The molecule has 0 bridgehead atoms. The molecule has 1 nitrogen and oxygen atoms in total. The van der Waals surface area contributed by atoms with Gasteiger partial charge in [-0.15, -0.1) is 0 Å². The van der Waals surface area contributed by atoms with Gasteiger partial charge in [0.2, 0.25) is 0 Å². The second-order valence-corrected chi connectivity index (χ2v) is 2.67. The molecule has 48 valence electrons. The molecule has 0 N–H and O–H groups in total. The molecule has 0 aromatic rings. The Morgan fingerprint density at radius 2 is 2.38 bits per heavy atom. The van der Waals surface area contributed by atoms with Gasteiger partial charge in [0.25, 0.3) is 0 Å². The highest BCUT2D eigenvalue weighted by Gasteiger charge is 1.86. The summed E-state index contributed by atoms with van der Waals surface area (Å²) in [5.74, 6) is 0. The fourth-order valence-electron chi connectivity index (χ4n) is 0.231. The predicted octanol–water partition coefficient (Wildman–Crippen LogP) is 2.65. The first-order valence-electron chi connectivity index (χ1n) is 2.33. The largest absolute Gasteiger partial charge is 0.376 e. The molecule has 0 fully saturated rings. The van der Waals surface area contributed by atoms with Gasteiger partial charge in [-0.1, -0.05) is 31.9 Å². The van der Waals surface area contributed by atoms with E-state index in [1.807, 2.05) is 6.92 Å². The molecule has 0 rings (SSSR count). The van der Waals surface area contributed by atoms with Crippen molar-refractivity contribution < 1.29 is 4.74 Å². The smallest absolute Gasteiger partial charge is 0.0786 e. The van der Waals surface area contributed by atoms with Crippen LogP contribution in [0.3, 0.4) is 0 Å². The highest BCUT2D eigenvalue weighted by Crippen LogP contribution is 2.06. The maximum absolute atomic E-state index is 5.04. The zero-order chi connectivity index (χ0) is 6.41. The maximum Gasteiger partial charge on any atom is 0.0786 e. The topological polar surface area (TPSA) is 9.23 Å². The molecule has 8 heavy (non-hydrogen) atoms. The summed E-state index contributed by atoms with van der Waals surface area (Å²) in [4.78, 5) is 1.79. The van der Waals surface area contributed by atoms with Crippen LogP contribution in [-0.4, -0.2) is 13.2 Å². The van der Waals surface area contributed by atoms with Gasteiger partial charge in [0.15, 0.2) is 0 Å². The van der Waals surface area contributed by atoms with Gasteiger partial charge in [-0.05, 0) is 11.9 Å². The van der Waals surface area contributed by atoms with Gasteiger partial charge in [-0.3, -0.25) is 0 Å². The van der Waals surface area contributed by atoms with E-state index in [9.17, 15) is 0 Å². The normalized spacial score (nSPS) is 12.1. The summed E-state index contributed by atoms with van der Waals surface area (Å²) in [6, 6.07) is 0. The van der Waals surface area contributed by atoms with E-state index in [1.54, 1.807) is 4.99 Å². The summed E-state index contributed by atoms with van der Waals surface area (Å²) < 4.78 is 6.07. The first-order valence-corrected chi connectivity index (χ1v) is 4.04. The van der Waals surface area contributed by atoms with Crippen LogP contribution < -0.4 is 0 Å². The van der Waals surface area contributed by atoms with Crippen molar-refractivity contribution in [3.05, 3.63) is 9.47 Å². The van der Waals surface area contributed by atoms with Crippen LogP contribution >= 0.6 is 31.9 Å². The standard InChI is InChI=1S/C5H8Br2O/c1-2-8-4-5(7)3-6/h3H,2,4H2,1H3. The van der Waals surface area contributed by atoms with Crippen molar-refractivity contribution in [3.8, 4) is 0 Å². The molecule has 0 amide bonds. The summed E-state index contributed by atoms with van der Waals surface area (Å²) in [7, 11) is 0. The average Bonchev–Trinajstić information content (AvgIpc) is 1.83. The van der Waals surface area contributed by atoms with Crippen molar-refractivity contribution in [3.63, 3.8) is 0 Å². The second-order valence-electron chi connectivity index (χ2n) is 1.19. The molecule has 0 radical (unpaired) electrons. The Hall–Kier alpha value is 0.660. The second kappa shape index (κ2) is 5.79. The van der Waals surface area contributed by atoms with E-state index < -0.39 is 0 Å². The monoisotopic (exact) mass is 242 g/mol. The molecule has 0 atom stereocenters. The predicted molar refractivity (Wildman–Crippen MR) is 42.4 cm³/mol. The highest BCUT2D eigenvalue weighted by molar-refractivity contribution is 9.14. The number of rotatable bonds is 3. The Bertz CT molecular complexity index is 80.5. The maximum atomic E-state index is 5.04. The number of ether oxygens (including phenoxy) is 1. The fourth-order valence-corrected chi connectivity index (χ4v) is 0.525. The van der Waals surface area contributed by atoms with E-state index in [-0.39, 0.29) is 0 Å². The molecule has 0 spiro atoms. The zero-order valence-electron chi connectivity index (χ0n) is 4.66. The molecule has 0 aromatic heterocycles. The Morgan fingerprint density at radius 3 is 2.75 bits per heavy atom. The SMILES string of the molecule is CCOCC(Br)=CBr. The molecule has 0 saturated carbocycles. The minimum atomic E-state index is 0.655. The first kappa shape index (κ1) is 8.66. The van der Waals surface area contributed by atoms with E-state index in [0.717, 1.165) is 11.1 Å². The molecule has 0 aromatic carbocycles. The Labute approximate surface area is 66.4 Å². The van der Waals surface area contributed by atoms with E-state index in [1.165, 1.54) is 0 Å². The number of hydrogen-bond donors (Lipinski definition) is 0. The van der Waals surface area contributed by atoms with E-state index in [2.05, 4.69) is 31.9 Å². The van der Waals surface area contributed by atoms with E-state index in [0.29, 0.717) is 6.61 Å². The summed E-state index contributed by atoms with van der Waals surface area (Å²) in [5, 5.41) is 0. The lowest BCUT2D eigenvalue weighted by molar-refractivity contribution is 0.176. The Morgan fingerprint density at radius 1 is 1.75 bits per heavy atom.